The molecule has 0 unspecified atom stereocenters. The maximum atomic E-state index is 12.0. The number of nitrogens with two attached hydrogens (primary N) is 1. The Hall–Kier alpha value is -4.27. The molecule has 0 aliphatic carbocycles. The molecular formula is C20H16N8O. The molecule has 0 saturated carbocycles. The molecule has 5 aromatic rings. The molecule has 0 saturated heterocycles. The number of fused-ring (bicyclic) bond motifs is 1. The van der Waals surface area contributed by atoms with Crippen LogP contribution in [0.5, 0.6) is 0 Å². The number of aromatic nitrogens is 7. The van der Waals surface area contributed by atoms with Crippen molar-refractivity contribution in [1.82, 2.24) is 34.5 Å². The van der Waals surface area contributed by atoms with Gasteiger partial charge in [-0.3, -0.25) is 9.48 Å². The second-order valence-electron chi connectivity index (χ2n) is 6.55. The number of nitrogens with one attached hydrogen (secondary N) is 1. The molecular weight excluding hydrogens is 368 g/mol. The van der Waals surface area contributed by atoms with Gasteiger partial charge in [-0.25, -0.2) is 14.6 Å². The Morgan fingerprint density at radius 1 is 1.07 bits per heavy atom. The van der Waals surface area contributed by atoms with Crippen LogP contribution in [0.1, 0.15) is 5.56 Å². The van der Waals surface area contributed by atoms with Crippen LogP contribution in [0.25, 0.3) is 27.8 Å². The van der Waals surface area contributed by atoms with Crippen LogP contribution in [0, 0.1) is 0 Å². The van der Waals surface area contributed by atoms with Gasteiger partial charge in [0.1, 0.15) is 5.52 Å². The predicted molar refractivity (Wildman–Crippen MR) is 108 cm³/mol. The van der Waals surface area contributed by atoms with Crippen molar-refractivity contribution in [3.8, 4) is 16.9 Å². The highest BCUT2D eigenvalue weighted by molar-refractivity contribution is 5.84. The molecule has 0 fully saturated rings. The van der Waals surface area contributed by atoms with Crippen molar-refractivity contribution in [2.75, 3.05) is 5.73 Å². The van der Waals surface area contributed by atoms with E-state index in [1.165, 1.54) is 11.0 Å². The summed E-state index contributed by atoms with van der Waals surface area (Å²) >= 11 is 0. The van der Waals surface area contributed by atoms with Gasteiger partial charge in [0.25, 0.3) is 5.56 Å². The van der Waals surface area contributed by atoms with Crippen molar-refractivity contribution in [2.45, 2.75) is 6.54 Å². The van der Waals surface area contributed by atoms with Crippen molar-refractivity contribution in [1.29, 1.82) is 0 Å². The number of H-pyrrole nitrogens is 1. The molecule has 0 aliphatic heterocycles. The van der Waals surface area contributed by atoms with E-state index < -0.39 is 0 Å². The van der Waals surface area contributed by atoms with E-state index >= 15 is 0 Å². The minimum absolute atomic E-state index is 0.235. The molecule has 0 radical (unpaired) electrons. The highest BCUT2D eigenvalue weighted by atomic mass is 16.1. The lowest BCUT2D eigenvalue weighted by Gasteiger charge is -2.03. The van der Waals surface area contributed by atoms with E-state index in [4.69, 9.17) is 5.73 Å². The van der Waals surface area contributed by atoms with Crippen LogP contribution < -0.4 is 11.3 Å². The van der Waals surface area contributed by atoms with Gasteiger partial charge in [0, 0.05) is 29.7 Å². The average molecular weight is 384 g/mol. The summed E-state index contributed by atoms with van der Waals surface area (Å²) in [7, 11) is 0. The quantitative estimate of drug-likeness (QED) is 0.489. The zero-order chi connectivity index (χ0) is 19.8. The summed E-state index contributed by atoms with van der Waals surface area (Å²) in [6.45, 7) is 0.659. The van der Waals surface area contributed by atoms with Crippen LogP contribution in [0.2, 0.25) is 0 Å². The minimum atomic E-state index is -0.235. The first kappa shape index (κ1) is 16.9. The third kappa shape index (κ3) is 3.04. The van der Waals surface area contributed by atoms with Crippen LogP contribution >= 0.6 is 0 Å². The lowest BCUT2D eigenvalue weighted by Crippen LogP contribution is -2.09. The average Bonchev–Trinajstić information content (AvgIpc) is 3.35. The minimum Gasteiger partial charge on any atom is -0.382 e. The highest BCUT2D eigenvalue weighted by Gasteiger charge is 2.15. The Balaban J connectivity index is 1.52. The van der Waals surface area contributed by atoms with E-state index in [0.29, 0.717) is 29.1 Å². The standard InChI is InChI=1S/C20H16N8O/c21-18-16(14-8-25-27(10-14)9-13-4-2-1-3-5-13)11-28(26-18)19-17-15(6-7-22-19)20(29)24-12-23-17/h1-8,10-12H,9H2,(H2,21,26)(H,23,24,29). The van der Waals surface area contributed by atoms with Gasteiger partial charge in [-0.15, -0.1) is 5.10 Å². The molecule has 29 heavy (non-hydrogen) atoms. The van der Waals surface area contributed by atoms with Gasteiger partial charge in [-0.2, -0.15) is 5.10 Å². The fourth-order valence-electron chi connectivity index (χ4n) is 3.23. The molecule has 9 nitrogen and oxygen atoms in total. The summed E-state index contributed by atoms with van der Waals surface area (Å²) in [5.41, 5.74) is 9.10. The molecule has 4 aromatic heterocycles. The molecule has 9 heteroatoms. The number of benzene rings is 1. The lowest BCUT2D eigenvalue weighted by atomic mass is 10.2. The van der Waals surface area contributed by atoms with E-state index in [2.05, 4.69) is 37.3 Å². The summed E-state index contributed by atoms with van der Waals surface area (Å²) < 4.78 is 3.38. The van der Waals surface area contributed by atoms with Crippen molar-refractivity contribution >= 4 is 16.7 Å². The van der Waals surface area contributed by atoms with Gasteiger partial charge < -0.3 is 10.7 Å². The van der Waals surface area contributed by atoms with E-state index in [0.717, 1.165) is 16.7 Å². The molecule has 5 rings (SSSR count). The zero-order valence-electron chi connectivity index (χ0n) is 15.2. The Morgan fingerprint density at radius 3 is 2.79 bits per heavy atom. The van der Waals surface area contributed by atoms with Gasteiger partial charge >= 0.3 is 0 Å². The summed E-state index contributed by atoms with van der Waals surface area (Å²) in [5, 5.41) is 9.23. The maximum absolute atomic E-state index is 12.0. The Bertz CT molecular complexity index is 1370. The largest absolute Gasteiger partial charge is 0.382 e. The molecule has 3 N–H and O–H groups in total. The fraction of sp³-hybridized carbons (Fsp3) is 0.0500. The van der Waals surface area contributed by atoms with E-state index in [1.54, 1.807) is 24.7 Å². The maximum Gasteiger partial charge on any atom is 0.258 e. The number of anilines is 1. The van der Waals surface area contributed by atoms with Crippen molar-refractivity contribution < 1.29 is 0 Å². The molecule has 0 spiro atoms. The van der Waals surface area contributed by atoms with Gasteiger partial charge in [0.15, 0.2) is 11.6 Å². The van der Waals surface area contributed by atoms with E-state index in [9.17, 15) is 4.79 Å². The summed E-state index contributed by atoms with van der Waals surface area (Å²) in [4.78, 5) is 23.2. The molecule has 0 amide bonds. The van der Waals surface area contributed by atoms with Crippen molar-refractivity contribution in [3.05, 3.63) is 83.4 Å². The van der Waals surface area contributed by atoms with E-state index in [1.807, 2.05) is 29.1 Å². The number of pyridine rings is 1. The van der Waals surface area contributed by atoms with Gasteiger partial charge in [0.05, 0.1) is 24.5 Å². The van der Waals surface area contributed by atoms with Gasteiger partial charge in [-0.1, -0.05) is 30.3 Å². The van der Waals surface area contributed by atoms with Crippen LogP contribution in [-0.4, -0.2) is 34.5 Å². The lowest BCUT2D eigenvalue weighted by molar-refractivity contribution is 0.687. The smallest absolute Gasteiger partial charge is 0.258 e. The fourth-order valence-corrected chi connectivity index (χ4v) is 3.23. The second kappa shape index (κ2) is 6.71. The Kier molecular flexibility index (Phi) is 3.91. The first-order valence-corrected chi connectivity index (χ1v) is 8.94. The number of nitrogens with zero attached hydrogens (tertiary/aromatic N) is 6. The van der Waals surface area contributed by atoms with Crippen LogP contribution in [-0.2, 0) is 6.54 Å². The van der Waals surface area contributed by atoms with Gasteiger partial charge in [0.2, 0.25) is 0 Å². The van der Waals surface area contributed by atoms with E-state index in [-0.39, 0.29) is 5.56 Å². The topological polar surface area (TPSA) is 120 Å². The summed E-state index contributed by atoms with van der Waals surface area (Å²) in [6.07, 6.45) is 8.33. The number of aromatic amines is 1. The number of hydrogen-bond donors (Lipinski definition) is 2. The first-order chi connectivity index (χ1) is 14.2. The first-order valence-electron chi connectivity index (χ1n) is 8.94. The third-order valence-electron chi connectivity index (χ3n) is 4.63. The molecule has 142 valence electrons. The van der Waals surface area contributed by atoms with Gasteiger partial charge in [-0.05, 0) is 11.6 Å². The number of rotatable bonds is 4. The van der Waals surface area contributed by atoms with Crippen LogP contribution in [0.15, 0.2) is 72.3 Å². The van der Waals surface area contributed by atoms with Crippen LogP contribution in [0.3, 0.4) is 0 Å². The molecule has 0 aliphatic rings. The summed E-state index contributed by atoms with van der Waals surface area (Å²) in [5.74, 6) is 0.774. The van der Waals surface area contributed by atoms with Crippen LogP contribution in [0.4, 0.5) is 5.82 Å². The van der Waals surface area contributed by atoms with Crippen molar-refractivity contribution in [3.63, 3.8) is 0 Å². The highest BCUT2D eigenvalue weighted by Crippen LogP contribution is 2.26. The molecule has 1 aromatic carbocycles. The number of hydrogen-bond acceptors (Lipinski definition) is 6. The molecule has 0 bridgehead atoms. The Labute approximate surface area is 164 Å². The predicted octanol–water partition coefficient (Wildman–Crippen LogP) is 2.00. The SMILES string of the molecule is Nc1nn(-c2nccc3c(=O)[nH]cnc23)cc1-c1cnn(Cc2ccccc2)c1. The summed E-state index contributed by atoms with van der Waals surface area (Å²) in [6, 6.07) is 11.7. The monoisotopic (exact) mass is 384 g/mol. The third-order valence-corrected chi connectivity index (χ3v) is 4.63. The second-order valence-corrected chi connectivity index (χ2v) is 6.55. The van der Waals surface area contributed by atoms with Crippen molar-refractivity contribution in [2.24, 2.45) is 0 Å². The zero-order valence-corrected chi connectivity index (χ0v) is 15.2. The Morgan fingerprint density at radius 2 is 1.93 bits per heavy atom. The normalized spacial score (nSPS) is 11.2. The number of nitrogen functional groups attached to an aromatic ring is 1. The molecule has 0 atom stereocenters. The molecule has 4 heterocycles.